The van der Waals surface area contributed by atoms with Crippen molar-refractivity contribution in [1.82, 2.24) is 4.90 Å². The lowest BCUT2D eigenvalue weighted by Crippen LogP contribution is -2.28. The minimum atomic E-state index is -0.690. The Morgan fingerprint density at radius 2 is 2.00 bits per heavy atom. The number of Topliss-reactive ketones (excluding diaryl/α,β-unsaturated/α-hetero) is 1. The van der Waals surface area contributed by atoms with E-state index in [1.54, 1.807) is 14.0 Å². The van der Waals surface area contributed by atoms with Crippen LogP contribution >= 0.6 is 0 Å². The number of amides is 2. The van der Waals surface area contributed by atoms with Crippen LogP contribution in [0.5, 0.6) is 0 Å². The molecule has 0 radical (unpaired) electrons. The van der Waals surface area contributed by atoms with E-state index < -0.39 is 11.8 Å². The molecule has 1 unspecified atom stereocenters. The van der Waals surface area contributed by atoms with Crippen molar-refractivity contribution >= 4 is 17.6 Å². The molecule has 0 spiro atoms. The van der Waals surface area contributed by atoms with Crippen LogP contribution in [-0.2, 0) is 14.4 Å². The predicted molar refractivity (Wildman–Crippen MR) is 53.5 cm³/mol. The summed E-state index contributed by atoms with van der Waals surface area (Å²) in [6, 6.07) is 0. The fourth-order valence-electron chi connectivity index (χ4n) is 1.85. The first-order chi connectivity index (χ1) is 6.86. The average molecular weight is 210 g/mol. The van der Waals surface area contributed by atoms with Crippen molar-refractivity contribution in [1.29, 1.82) is 0 Å². The number of nitrogens with two attached hydrogens (primary N) is 1. The van der Waals surface area contributed by atoms with Crippen molar-refractivity contribution in [2.45, 2.75) is 20.3 Å². The molecule has 0 fully saturated rings. The molecule has 0 bridgehead atoms. The zero-order chi connectivity index (χ0) is 11.7. The van der Waals surface area contributed by atoms with Gasteiger partial charge in [0.05, 0.1) is 5.92 Å². The third-order valence-electron chi connectivity index (χ3n) is 2.65. The summed E-state index contributed by atoms with van der Waals surface area (Å²) in [5.41, 5.74) is 6.06. The number of ketones is 1. The molecular formula is C10H14N2O3. The summed E-state index contributed by atoms with van der Waals surface area (Å²) >= 11 is 0. The van der Waals surface area contributed by atoms with Gasteiger partial charge in [0.1, 0.15) is 0 Å². The van der Waals surface area contributed by atoms with E-state index in [0.29, 0.717) is 11.3 Å². The summed E-state index contributed by atoms with van der Waals surface area (Å²) < 4.78 is 0. The highest BCUT2D eigenvalue weighted by Gasteiger charge is 2.38. The highest BCUT2D eigenvalue weighted by Crippen LogP contribution is 2.30. The molecule has 1 aliphatic rings. The van der Waals surface area contributed by atoms with E-state index in [1.807, 2.05) is 0 Å². The third-order valence-corrected chi connectivity index (χ3v) is 2.65. The minimum Gasteiger partial charge on any atom is -0.370 e. The topological polar surface area (TPSA) is 80.5 Å². The van der Waals surface area contributed by atoms with Crippen LogP contribution in [0.3, 0.4) is 0 Å². The van der Waals surface area contributed by atoms with Gasteiger partial charge in [0, 0.05) is 24.7 Å². The van der Waals surface area contributed by atoms with Gasteiger partial charge in [0.25, 0.3) is 0 Å². The maximum Gasteiger partial charge on any atom is 0.234 e. The smallest absolute Gasteiger partial charge is 0.234 e. The maximum atomic E-state index is 11.7. The summed E-state index contributed by atoms with van der Waals surface area (Å²) in [5.74, 6) is -1.69. The molecule has 1 rings (SSSR count). The maximum absolute atomic E-state index is 11.7. The molecule has 1 heterocycles. The molecule has 1 aliphatic heterocycles. The van der Waals surface area contributed by atoms with E-state index in [1.165, 1.54) is 11.8 Å². The lowest BCUT2D eigenvalue weighted by Gasteiger charge is -2.11. The van der Waals surface area contributed by atoms with Crippen LogP contribution in [0.2, 0.25) is 0 Å². The normalized spacial score (nSPS) is 21.1. The van der Waals surface area contributed by atoms with Gasteiger partial charge in [-0.25, -0.2) is 0 Å². The monoisotopic (exact) mass is 210 g/mol. The summed E-state index contributed by atoms with van der Waals surface area (Å²) in [5, 5.41) is 0. The first-order valence-electron chi connectivity index (χ1n) is 4.63. The van der Waals surface area contributed by atoms with Crippen molar-refractivity contribution < 1.29 is 14.4 Å². The predicted octanol–water partition coefficient (Wildman–Crippen LogP) is -0.187. The van der Waals surface area contributed by atoms with Crippen LogP contribution in [0, 0.1) is 5.92 Å². The van der Waals surface area contributed by atoms with E-state index in [-0.39, 0.29) is 18.1 Å². The molecule has 0 aliphatic carbocycles. The van der Waals surface area contributed by atoms with Crippen molar-refractivity contribution in [3.8, 4) is 0 Å². The highest BCUT2D eigenvalue weighted by atomic mass is 16.2. The van der Waals surface area contributed by atoms with E-state index in [9.17, 15) is 14.4 Å². The van der Waals surface area contributed by atoms with Crippen LogP contribution < -0.4 is 5.73 Å². The van der Waals surface area contributed by atoms with Crippen LogP contribution in [0.25, 0.3) is 0 Å². The Morgan fingerprint density at radius 1 is 1.47 bits per heavy atom. The van der Waals surface area contributed by atoms with Gasteiger partial charge in [-0.1, -0.05) is 0 Å². The fourth-order valence-corrected chi connectivity index (χ4v) is 1.85. The molecule has 0 aromatic carbocycles. The van der Waals surface area contributed by atoms with Gasteiger partial charge in [-0.2, -0.15) is 0 Å². The Bertz CT molecular complexity index is 371. The van der Waals surface area contributed by atoms with Gasteiger partial charge in [-0.15, -0.1) is 0 Å². The van der Waals surface area contributed by atoms with Gasteiger partial charge >= 0.3 is 0 Å². The number of nitrogens with zero attached hydrogens (tertiary/aromatic N) is 1. The van der Waals surface area contributed by atoms with Gasteiger partial charge in [-0.05, 0) is 13.8 Å². The molecule has 2 N–H and O–H groups in total. The molecule has 15 heavy (non-hydrogen) atoms. The first kappa shape index (κ1) is 11.4. The fraction of sp³-hybridized carbons (Fsp3) is 0.500. The largest absolute Gasteiger partial charge is 0.370 e. The van der Waals surface area contributed by atoms with Gasteiger partial charge in [0.2, 0.25) is 11.8 Å². The molecule has 0 aromatic heterocycles. The zero-order valence-electron chi connectivity index (χ0n) is 9.03. The molecular weight excluding hydrogens is 196 g/mol. The molecule has 1 atom stereocenters. The average Bonchev–Trinajstić information content (AvgIpc) is 2.30. The zero-order valence-corrected chi connectivity index (χ0v) is 9.03. The second kappa shape index (κ2) is 3.84. The molecule has 0 saturated heterocycles. The summed E-state index contributed by atoms with van der Waals surface area (Å²) in [4.78, 5) is 35.2. The number of rotatable bonds is 3. The minimum absolute atomic E-state index is 0.102. The number of carbonyl (C=O) groups excluding carboxylic acids is 3. The lowest BCUT2D eigenvalue weighted by atomic mass is 9.94. The summed E-state index contributed by atoms with van der Waals surface area (Å²) in [7, 11) is 1.58. The number of primary amides is 1. The molecule has 0 aromatic rings. The number of carbonyl (C=O) groups is 3. The number of hydrogen-bond donors (Lipinski definition) is 1. The molecule has 5 heteroatoms. The third kappa shape index (κ3) is 1.91. The second-order valence-electron chi connectivity index (χ2n) is 3.68. The first-order valence-corrected chi connectivity index (χ1v) is 4.63. The van der Waals surface area contributed by atoms with E-state index >= 15 is 0 Å². The SMILES string of the molecule is CC(=O)C1=C(C)N(C)C(=O)C1CC(N)=O. The Morgan fingerprint density at radius 3 is 2.40 bits per heavy atom. The Kier molecular flexibility index (Phi) is 2.93. The molecule has 5 nitrogen and oxygen atoms in total. The summed E-state index contributed by atoms with van der Waals surface area (Å²) in [6.07, 6.45) is -0.102. The van der Waals surface area contributed by atoms with Crippen molar-refractivity contribution in [2.24, 2.45) is 11.7 Å². The summed E-state index contributed by atoms with van der Waals surface area (Å²) in [6.45, 7) is 3.08. The standard InChI is InChI=1S/C10H14N2O3/c1-5-9(6(2)13)7(4-8(11)14)10(15)12(5)3/h7H,4H2,1-3H3,(H2,11,14). The lowest BCUT2D eigenvalue weighted by molar-refractivity contribution is -0.132. The van der Waals surface area contributed by atoms with Crippen molar-refractivity contribution in [3.63, 3.8) is 0 Å². The number of allylic oxidation sites excluding steroid dienone is 1. The Labute approximate surface area is 87.9 Å². The molecule has 82 valence electrons. The number of hydrogen-bond acceptors (Lipinski definition) is 3. The van der Waals surface area contributed by atoms with Crippen LogP contribution in [-0.4, -0.2) is 29.5 Å². The van der Waals surface area contributed by atoms with Crippen LogP contribution in [0.4, 0.5) is 0 Å². The van der Waals surface area contributed by atoms with Crippen molar-refractivity contribution in [3.05, 3.63) is 11.3 Å². The van der Waals surface area contributed by atoms with Gasteiger partial charge in [0.15, 0.2) is 5.78 Å². The Hall–Kier alpha value is -1.65. The van der Waals surface area contributed by atoms with Crippen LogP contribution in [0.1, 0.15) is 20.3 Å². The van der Waals surface area contributed by atoms with E-state index in [0.717, 1.165) is 0 Å². The molecule has 0 saturated carbocycles. The van der Waals surface area contributed by atoms with Gasteiger partial charge in [-0.3, -0.25) is 14.4 Å². The second-order valence-corrected chi connectivity index (χ2v) is 3.68. The van der Waals surface area contributed by atoms with Crippen LogP contribution in [0.15, 0.2) is 11.3 Å². The van der Waals surface area contributed by atoms with E-state index in [2.05, 4.69) is 0 Å². The van der Waals surface area contributed by atoms with Gasteiger partial charge < -0.3 is 10.6 Å². The molecule has 2 amide bonds. The Balaban J connectivity index is 3.09. The quantitative estimate of drug-likeness (QED) is 0.701. The van der Waals surface area contributed by atoms with E-state index in [4.69, 9.17) is 5.73 Å². The van der Waals surface area contributed by atoms with Crippen molar-refractivity contribution in [2.75, 3.05) is 7.05 Å². The highest BCUT2D eigenvalue weighted by molar-refractivity contribution is 6.05.